The summed E-state index contributed by atoms with van der Waals surface area (Å²) in [5.41, 5.74) is 1.09. The zero-order valence-electron chi connectivity index (χ0n) is 17.5. The third kappa shape index (κ3) is 7.54. The van der Waals surface area contributed by atoms with Crippen LogP contribution < -0.4 is 10.1 Å². The molecule has 7 heteroatoms. The average molecular weight is 451 g/mol. The molecule has 0 aliphatic rings. The number of hydrogen-bond acceptors (Lipinski definition) is 3. The van der Waals surface area contributed by atoms with Crippen LogP contribution in [0.25, 0.3) is 0 Å². The molecular weight excluding hydrogens is 423 g/mol. The van der Waals surface area contributed by atoms with Gasteiger partial charge in [0.25, 0.3) is 5.91 Å². The highest BCUT2D eigenvalue weighted by atomic mass is 35.5. The standard InChI is InChI=1S/C23H28Cl2N2O3/c1-16(2)14-26-23(29)17(3)27(12-11-18-7-5-4-6-8-18)22(28)15-30-21-10-9-19(24)13-20(21)25/h4-10,13,16-17H,11-12,14-15H2,1-3H3,(H,26,29)/t17-/m1/s1. The Morgan fingerprint density at radius 2 is 1.77 bits per heavy atom. The van der Waals surface area contributed by atoms with E-state index in [4.69, 9.17) is 27.9 Å². The molecular formula is C23H28Cl2N2O3. The van der Waals surface area contributed by atoms with Crippen LogP contribution in [0.3, 0.4) is 0 Å². The minimum Gasteiger partial charge on any atom is -0.482 e. The summed E-state index contributed by atoms with van der Waals surface area (Å²) >= 11 is 12.0. The third-order valence-corrected chi connectivity index (χ3v) is 5.11. The number of benzene rings is 2. The molecule has 0 saturated heterocycles. The fourth-order valence-corrected chi connectivity index (χ4v) is 3.30. The summed E-state index contributed by atoms with van der Waals surface area (Å²) in [4.78, 5) is 27.1. The van der Waals surface area contributed by atoms with Crippen molar-refractivity contribution in [2.45, 2.75) is 33.2 Å². The second-order valence-electron chi connectivity index (χ2n) is 7.50. The second kappa shape index (κ2) is 11.8. The van der Waals surface area contributed by atoms with Crippen molar-refractivity contribution in [2.24, 2.45) is 5.92 Å². The van der Waals surface area contributed by atoms with Crippen molar-refractivity contribution in [1.82, 2.24) is 10.2 Å². The molecule has 0 radical (unpaired) electrons. The maximum absolute atomic E-state index is 13.0. The lowest BCUT2D eigenvalue weighted by Crippen LogP contribution is -2.50. The highest BCUT2D eigenvalue weighted by molar-refractivity contribution is 6.35. The van der Waals surface area contributed by atoms with Gasteiger partial charge < -0.3 is 15.0 Å². The Balaban J connectivity index is 2.07. The van der Waals surface area contributed by atoms with Gasteiger partial charge in [0.05, 0.1) is 5.02 Å². The van der Waals surface area contributed by atoms with Crippen molar-refractivity contribution >= 4 is 35.0 Å². The molecule has 2 amide bonds. The highest BCUT2D eigenvalue weighted by Gasteiger charge is 2.26. The van der Waals surface area contributed by atoms with E-state index in [0.717, 1.165) is 5.56 Å². The summed E-state index contributed by atoms with van der Waals surface area (Å²) in [5.74, 6) is 0.220. The smallest absolute Gasteiger partial charge is 0.261 e. The number of hydrogen-bond donors (Lipinski definition) is 1. The van der Waals surface area contributed by atoms with Crippen LogP contribution >= 0.6 is 23.2 Å². The largest absolute Gasteiger partial charge is 0.482 e. The number of ether oxygens (including phenoxy) is 1. The third-order valence-electron chi connectivity index (χ3n) is 4.58. The molecule has 0 spiro atoms. The van der Waals surface area contributed by atoms with Crippen LogP contribution in [0.4, 0.5) is 0 Å². The number of rotatable bonds is 10. The number of amides is 2. The Hall–Kier alpha value is -2.24. The van der Waals surface area contributed by atoms with Gasteiger partial charge in [-0.3, -0.25) is 9.59 Å². The molecule has 0 heterocycles. The van der Waals surface area contributed by atoms with E-state index < -0.39 is 6.04 Å². The van der Waals surface area contributed by atoms with Gasteiger partial charge in [0, 0.05) is 18.1 Å². The molecule has 30 heavy (non-hydrogen) atoms. The lowest BCUT2D eigenvalue weighted by atomic mass is 10.1. The summed E-state index contributed by atoms with van der Waals surface area (Å²) in [5, 5.41) is 3.71. The van der Waals surface area contributed by atoms with Gasteiger partial charge in [0.15, 0.2) is 6.61 Å². The highest BCUT2D eigenvalue weighted by Crippen LogP contribution is 2.27. The van der Waals surface area contributed by atoms with Gasteiger partial charge in [-0.25, -0.2) is 0 Å². The van der Waals surface area contributed by atoms with Gasteiger partial charge in [-0.2, -0.15) is 0 Å². The zero-order valence-corrected chi connectivity index (χ0v) is 19.0. The number of halogens is 2. The van der Waals surface area contributed by atoms with Crippen molar-refractivity contribution in [2.75, 3.05) is 19.7 Å². The quantitative estimate of drug-likeness (QED) is 0.574. The Labute approximate surface area is 188 Å². The predicted molar refractivity (Wildman–Crippen MR) is 121 cm³/mol. The lowest BCUT2D eigenvalue weighted by Gasteiger charge is -2.29. The monoisotopic (exact) mass is 450 g/mol. The summed E-state index contributed by atoms with van der Waals surface area (Å²) in [6.45, 7) is 6.50. The molecule has 0 aliphatic heterocycles. The van der Waals surface area contributed by atoms with Crippen LogP contribution in [0.15, 0.2) is 48.5 Å². The maximum atomic E-state index is 13.0. The molecule has 0 aromatic heterocycles. The number of carbonyl (C=O) groups excluding carboxylic acids is 2. The van der Waals surface area contributed by atoms with Crippen LogP contribution in [0.2, 0.25) is 10.0 Å². The van der Waals surface area contributed by atoms with E-state index >= 15 is 0 Å². The van der Waals surface area contributed by atoms with E-state index in [1.165, 1.54) is 0 Å². The first-order chi connectivity index (χ1) is 14.3. The van der Waals surface area contributed by atoms with Gasteiger partial charge in [-0.1, -0.05) is 67.4 Å². The summed E-state index contributed by atoms with van der Waals surface area (Å²) < 4.78 is 5.60. The first kappa shape index (κ1) is 24.0. The van der Waals surface area contributed by atoms with Gasteiger partial charge in [0.1, 0.15) is 11.8 Å². The van der Waals surface area contributed by atoms with Gasteiger partial charge in [-0.15, -0.1) is 0 Å². The zero-order chi connectivity index (χ0) is 22.1. The van der Waals surface area contributed by atoms with Crippen LogP contribution in [-0.4, -0.2) is 42.5 Å². The average Bonchev–Trinajstić information content (AvgIpc) is 2.72. The van der Waals surface area contributed by atoms with E-state index in [2.05, 4.69) is 5.32 Å². The van der Waals surface area contributed by atoms with E-state index in [9.17, 15) is 9.59 Å². The van der Waals surface area contributed by atoms with Crippen molar-refractivity contribution in [3.8, 4) is 5.75 Å². The maximum Gasteiger partial charge on any atom is 0.261 e. The van der Waals surface area contributed by atoms with E-state index in [1.54, 1.807) is 30.0 Å². The Bertz CT molecular complexity index is 844. The van der Waals surface area contributed by atoms with Crippen molar-refractivity contribution in [3.05, 3.63) is 64.1 Å². The van der Waals surface area contributed by atoms with Gasteiger partial charge in [0.2, 0.25) is 5.91 Å². The molecule has 0 bridgehead atoms. The minimum absolute atomic E-state index is 0.186. The van der Waals surface area contributed by atoms with Crippen molar-refractivity contribution < 1.29 is 14.3 Å². The van der Waals surface area contributed by atoms with E-state index in [1.807, 2.05) is 44.2 Å². The Kier molecular flexibility index (Phi) is 9.47. The molecule has 0 unspecified atom stereocenters. The van der Waals surface area contributed by atoms with Crippen molar-refractivity contribution in [3.63, 3.8) is 0 Å². The lowest BCUT2D eigenvalue weighted by molar-refractivity contribution is -0.141. The topological polar surface area (TPSA) is 58.6 Å². The minimum atomic E-state index is -0.621. The molecule has 2 aromatic carbocycles. The van der Waals surface area contributed by atoms with E-state index in [-0.39, 0.29) is 18.4 Å². The summed E-state index contributed by atoms with van der Waals surface area (Å²) in [6.07, 6.45) is 0.635. The normalized spacial score (nSPS) is 11.8. The molecule has 162 valence electrons. The molecule has 1 N–H and O–H groups in total. The fraction of sp³-hybridized carbons (Fsp3) is 0.391. The molecule has 1 atom stereocenters. The first-order valence-corrected chi connectivity index (χ1v) is 10.7. The summed E-state index contributed by atoms with van der Waals surface area (Å²) in [7, 11) is 0. The molecule has 2 rings (SSSR count). The van der Waals surface area contributed by atoms with Crippen LogP contribution in [0.1, 0.15) is 26.3 Å². The molecule has 0 aliphatic carbocycles. The second-order valence-corrected chi connectivity index (χ2v) is 8.34. The fourth-order valence-electron chi connectivity index (χ4n) is 2.84. The Morgan fingerprint density at radius 3 is 2.40 bits per heavy atom. The molecule has 2 aromatic rings. The molecule has 0 fully saturated rings. The summed E-state index contributed by atoms with van der Waals surface area (Å²) in [6, 6.07) is 14.0. The first-order valence-electron chi connectivity index (χ1n) is 9.97. The van der Waals surface area contributed by atoms with E-state index in [0.29, 0.717) is 41.2 Å². The molecule has 0 saturated carbocycles. The van der Waals surface area contributed by atoms with Crippen LogP contribution in [0.5, 0.6) is 5.75 Å². The molecule has 5 nitrogen and oxygen atoms in total. The van der Waals surface area contributed by atoms with Crippen molar-refractivity contribution in [1.29, 1.82) is 0 Å². The Morgan fingerprint density at radius 1 is 1.07 bits per heavy atom. The SMILES string of the molecule is CC(C)CNC(=O)[C@@H](C)N(CCc1ccccc1)C(=O)COc1ccc(Cl)cc1Cl. The number of nitrogens with one attached hydrogen (secondary N) is 1. The van der Waals surface area contributed by atoms with Crippen LogP contribution in [0, 0.1) is 5.92 Å². The predicted octanol–water partition coefficient (Wildman–Crippen LogP) is 4.60. The van der Waals surface area contributed by atoms with Gasteiger partial charge in [-0.05, 0) is 43.0 Å². The number of carbonyl (C=O) groups is 2. The van der Waals surface area contributed by atoms with Crippen LogP contribution in [-0.2, 0) is 16.0 Å². The number of nitrogens with zero attached hydrogens (tertiary/aromatic N) is 1. The van der Waals surface area contributed by atoms with Gasteiger partial charge >= 0.3 is 0 Å².